The van der Waals surface area contributed by atoms with E-state index < -0.39 is 0 Å². The lowest BCUT2D eigenvalue weighted by Crippen LogP contribution is -2.45. The minimum atomic E-state index is -0.0699. The molecule has 0 radical (unpaired) electrons. The van der Waals surface area contributed by atoms with E-state index in [1.807, 2.05) is 6.92 Å². The van der Waals surface area contributed by atoms with E-state index in [4.69, 9.17) is 9.47 Å². The summed E-state index contributed by atoms with van der Waals surface area (Å²) in [5.74, 6) is 0. The van der Waals surface area contributed by atoms with E-state index in [2.05, 4.69) is 27.7 Å². The molecule has 86 valence electrons. The summed E-state index contributed by atoms with van der Waals surface area (Å²) < 4.78 is 11.7. The maximum absolute atomic E-state index is 5.91. The summed E-state index contributed by atoms with van der Waals surface area (Å²) in [6.07, 6.45) is 3.31. The van der Waals surface area contributed by atoms with Gasteiger partial charge in [-0.2, -0.15) is 0 Å². The minimum absolute atomic E-state index is 0.0699. The molecule has 0 aromatic heterocycles. The van der Waals surface area contributed by atoms with Crippen molar-refractivity contribution in [3.8, 4) is 0 Å². The molecule has 1 atom stereocenters. The van der Waals surface area contributed by atoms with Crippen molar-refractivity contribution < 1.29 is 9.47 Å². The maximum atomic E-state index is 5.91. The smallest absolute Gasteiger partial charge is 0.0937 e. The number of hydrogen-bond donors (Lipinski definition) is 0. The van der Waals surface area contributed by atoms with Gasteiger partial charge >= 0.3 is 0 Å². The Morgan fingerprint density at radius 1 is 0.929 bits per heavy atom. The SMILES string of the molecule is CCOC(CC)C(CC)(CC)OCC. The van der Waals surface area contributed by atoms with E-state index in [1.165, 1.54) is 0 Å². The van der Waals surface area contributed by atoms with Crippen LogP contribution in [-0.2, 0) is 9.47 Å². The van der Waals surface area contributed by atoms with Gasteiger partial charge in [0.05, 0.1) is 11.7 Å². The molecule has 0 aromatic rings. The molecular weight excluding hydrogens is 176 g/mol. The Bertz CT molecular complexity index is 130. The first kappa shape index (κ1) is 13.9. The van der Waals surface area contributed by atoms with Gasteiger partial charge in [0.2, 0.25) is 0 Å². The molecule has 2 heteroatoms. The summed E-state index contributed by atoms with van der Waals surface area (Å²) in [6.45, 7) is 12.2. The maximum Gasteiger partial charge on any atom is 0.0937 e. The van der Waals surface area contributed by atoms with E-state index >= 15 is 0 Å². The van der Waals surface area contributed by atoms with E-state index in [1.54, 1.807) is 0 Å². The van der Waals surface area contributed by atoms with E-state index in [9.17, 15) is 0 Å². The number of rotatable bonds is 8. The Labute approximate surface area is 89.0 Å². The van der Waals surface area contributed by atoms with Gasteiger partial charge in [-0.05, 0) is 33.1 Å². The molecule has 0 bridgehead atoms. The van der Waals surface area contributed by atoms with Crippen LogP contribution in [0.25, 0.3) is 0 Å². The molecule has 0 aliphatic heterocycles. The summed E-state index contributed by atoms with van der Waals surface area (Å²) in [5, 5.41) is 0. The lowest BCUT2D eigenvalue weighted by atomic mass is 9.88. The van der Waals surface area contributed by atoms with Gasteiger partial charge in [-0.15, -0.1) is 0 Å². The highest BCUT2D eigenvalue weighted by atomic mass is 16.5. The zero-order chi connectivity index (χ0) is 11.0. The summed E-state index contributed by atoms with van der Waals surface area (Å²) in [4.78, 5) is 0. The molecule has 14 heavy (non-hydrogen) atoms. The van der Waals surface area contributed by atoms with Gasteiger partial charge in [-0.1, -0.05) is 20.8 Å². The van der Waals surface area contributed by atoms with E-state index in [-0.39, 0.29) is 11.7 Å². The zero-order valence-electron chi connectivity index (χ0n) is 10.4. The van der Waals surface area contributed by atoms with Crippen LogP contribution < -0.4 is 0 Å². The van der Waals surface area contributed by atoms with Gasteiger partial charge in [0, 0.05) is 13.2 Å². The zero-order valence-corrected chi connectivity index (χ0v) is 10.4. The molecule has 0 spiro atoms. The fourth-order valence-corrected chi connectivity index (χ4v) is 2.13. The standard InChI is InChI=1S/C12H26O2/c1-6-11(13-9-4)12(7-2,8-3)14-10-5/h11H,6-10H2,1-5H3. The second-order valence-corrected chi connectivity index (χ2v) is 3.56. The van der Waals surface area contributed by atoms with Crippen LogP contribution in [0.3, 0.4) is 0 Å². The third-order valence-corrected chi connectivity index (χ3v) is 2.95. The van der Waals surface area contributed by atoms with Crippen molar-refractivity contribution >= 4 is 0 Å². The van der Waals surface area contributed by atoms with Gasteiger partial charge in [-0.25, -0.2) is 0 Å². The molecule has 0 amide bonds. The minimum Gasteiger partial charge on any atom is -0.376 e. The van der Waals surface area contributed by atoms with Crippen LogP contribution >= 0.6 is 0 Å². The second kappa shape index (κ2) is 7.24. The van der Waals surface area contributed by atoms with Gasteiger partial charge in [0.25, 0.3) is 0 Å². The molecule has 0 saturated carbocycles. The average molecular weight is 202 g/mol. The Morgan fingerprint density at radius 2 is 1.50 bits per heavy atom. The van der Waals surface area contributed by atoms with Gasteiger partial charge in [0.1, 0.15) is 0 Å². The number of hydrogen-bond acceptors (Lipinski definition) is 2. The van der Waals surface area contributed by atoms with Crippen molar-refractivity contribution in [2.45, 2.75) is 65.6 Å². The average Bonchev–Trinajstić information content (AvgIpc) is 2.23. The van der Waals surface area contributed by atoms with Crippen LogP contribution in [0.2, 0.25) is 0 Å². The van der Waals surface area contributed by atoms with Crippen LogP contribution in [0.15, 0.2) is 0 Å². The molecule has 0 heterocycles. The Kier molecular flexibility index (Phi) is 7.20. The molecule has 0 aliphatic carbocycles. The molecule has 0 aliphatic rings. The van der Waals surface area contributed by atoms with Crippen molar-refractivity contribution in [1.29, 1.82) is 0 Å². The first-order chi connectivity index (χ1) is 6.70. The monoisotopic (exact) mass is 202 g/mol. The van der Waals surface area contributed by atoms with Crippen LogP contribution in [0.4, 0.5) is 0 Å². The molecule has 0 N–H and O–H groups in total. The van der Waals surface area contributed by atoms with Crippen molar-refractivity contribution in [1.82, 2.24) is 0 Å². The van der Waals surface area contributed by atoms with Gasteiger partial charge in [0.15, 0.2) is 0 Å². The normalized spacial score (nSPS) is 14.4. The largest absolute Gasteiger partial charge is 0.376 e. The van der Waals surface area contributed by atoms with Crippen molar-refractivity contribution in [2.75, 3.05) is 13.2 Å². The van der Waals surface area contributed by atoms with Crippen molar-refractivity contribution in [3.05, 3.63) is 0 Å². The highest BCUT2D eigenvalue weighted by molar-refractivity contribution is 4.86. The highest BCUT2D eigenvalue weighted by Crippen LogP contribution is 2.29. The molecular formula is C12H26O2. The van der Waals surface area contributed by atoms with Gasteiger partial charge < -0.3 is 9.47 Å². The van der Waals surface area contributed by atoms with Crippen LogP contribution in [0, 0.1) is 0 Å². The van der Waals surface area contributed by atoms with E-state index in [0.29, 0.717) is 0 Å². The first-order valence-corrected chi connectivity index (χ1v) is 5.96. The quantitative estimate of drug-likeness (QED) is 0.600. The van der Waals surface area contributed by atoms with Crippen LogP contribution in [0.5, 0.6) is 0 Å². The third-order valence-electron chi connectivity index (χ3n) is 2.95. The third kappa shape index (κ3) is 3.25. The summed E-state index contributed by atoms with van der Waals surface area (Å²) in [7, 11) is 0. The first-order valence-electron chi connectivity index (χ1n) is 5.96. The lowest BCUT2D eigenvalue weighted by Gasteiger charge is -2.38. The van der Waals surface area contributed by atoms with E-state index in [0.717, 1.165) is 32.5 Å². The van der Waals surface area contributed by atoms with Gasteiger partial charge in [-0.3, -0.25) is 0 Å². The molecule has 0 fully saturated rings. The molecule has 2 nitrogen and oxygen atoms in total. The lowest BCUT2D eigenvalue weighted by molar-refractivity contribution is -0.147. The Balaban J connectivity index is 4.54. The second-order valence-electron chi connectivity index (χ2n) is 3.56. The molecule has 0 rings (SSSR count). The molecule has 1 unspecified atom stereocenters. The van der Waals surface area contributed by atoms with Crippen molar-refractivity contribution in [3.63, 3.8) is 0 Å². The number of ether oxygens (including phenoxy) is 2. The molecule has 0 saturated heterocycles. The molecule has 0 aromatic carbocycles. The van der Waals surface area contributed by atoms with Crippen molar-refractivity contribution in [2.24, 2.45) is 0 Å². The fraction of sp³-hybridized carbons (Fsp3) is 1.00. The van der Waals surface area contributed by atoms with Crippen LogP contribution in [0.1, 0.15) is 53.9 Å². The predicted octanol–water partition coefficient (Wildman–Crippen LogP) is 3.40. The van der Waals surface area contributed by atoms with Crippen LogP contribution in [-0.4, -0.2) is 24.9 Å². The summed E-state index contributed by atoms with van der Waals surface area (Å²) in [5.41, 5.74) is -0.0699. The Hall–Kier alpha value is -0.0800. The Morgan fingerprint density at radius 3 is 1.79 bits per heavy atom. The summed E-state index contributed by atoms with van der Waals surface area (Å²) >= 11 is 0. The topological polar surface area (TPSA) is 18.5 Å². The summed E-state index contributed by atoms with van der Waals surface area (Å²) in [6, 6.07) is 0. The highest BCUT2D eigenvalue weighted by Gasteiger charge is 2.35. The predicted molar refractivity (Wildman–Crippen MR) is 60.6 cm³/mol. The fourth-order valence-electron chi connectivity index (χ4n) is 2.13.